The standard InChI is InChI=1S/C19H26N2O4/c1-19(2,3)25-18(23)21-15-9-14(10-16(21)11-15)20-17(22)24-12-13-7-5-4-6-8-13/h4-8,14-16H,9-12H2,1-3H3,(H,20,22)/t14?,15-,16+. The molecule has 2 heterocycles. The van der Waals surface area contributed by atoms with Crippen LogP contribution < -0.4 is 5.32 Å². The van der Waals surface area contributed by atoms with Crippen LogP contribution in [0.15, 0.2) is 30.3 Å². The van der Waals surface area contributed by atoms with Gasteiger partial charge in [0, 0.05) is 18.1 Å². The Hall–Kier alpha value is -2.24. The van der Waals surface area contributed by atoms with E-state index in [4.69, 9.17) is 9.47 Å². The van der Waals surface area contributed by atoms with Crippen molar-refractivity contribution in [1.29, 1.82) is 0 Å². The Morgan fingerprint density at radius 2 is 1.76 bits per heavy atom. The maximum absolute atomic E-state index is 12.2. The van der Waals surface area contributed by atoms with Crippen molar-refractivity contribution in [3.05, 3.63) is 35.9 Å². The molecule has 3 atom stereocenters. The predicted molar refractivity (Wildman–Crippen MR) is 93.1 cm³/mol. The van der Waals surface area contributed by atoms with E-state index in [1.165, 1.54) is 0 Å². The lowest BCUT2D eigenvalue weighted by molar-refractivity contribution is -0.0583. The first kappa shape index (κ1) is 17.6. The number of carbonyl (C=O) groups is 2. The molecule has 1 saturated carbocycles. The van der Waals surface area contributed by atoms with Gasteiger partial charge in [-0.1, -0.05) is 30.3 Å². The minimum absolute atomic E-state index is 0.0470. The van der Waals surface area contributed by atoms with Crippen LogP contribution in [0.2, 0.25) is 0 Å². The number of ether oxygens (including phenoxy) is 2. The van der Waals surface area contributed by atoms with Gasteiger partial charge in [-0.15, -0.1) is 0 Å². The van der Waals surface area contributed by atoms with Gasteiger partial charge >= 0.3 is 12.2 Å². The maximum Gasteiger partial charge on any atom is 0.410 e. The van der Waals surface area contributed by atoms with Crippen LogP contribution in [-0.4, -0.2) is 40.8 Å². The molecule has 0 spiro atoms. The fourth-order valence-electron chi connectivity index (χ4n) is 3.54. The fraction of sp³-hybridized carbons (Fsp3) is 0.579. The molecule has 0 radical (unpaired) electrons. The highest BCUT2D eigenvalue weighted by Gasteiger charge is 2.49. The summed E-state index contributed by atoms with van der Waals surface area (Å²) >= 11 is 0. The predicted octanol–water partition coefficient (Wildman–Crippen LogP) is 3.45. The van der Waals surface area contributed by atoms with Crippen LogP contribution >= 0.6 is 0 Å². The number of rotatable bonds is 3. The number of hydrogen-bond donors (Lipinski definition) is 1. The van der Waals surface area contributed by atoms with Gasteiger partial charge in [0.1, 0.15) is 12.2 Å². The van der Waals surface area contributed by atoms with Crippen molar-refractivity contribution in [2.24, 2.45) is 0 Å². The Balaban J connectivity index is 1.43. The van der Waals surface area contributed by atoms with Gasteiger partial charge in [0.25, 0.3) is 0 Å². The van der Waals surface area contributed by atoms with E-state index < -0.39 is 11.7 Å². The lowest BCUT2D eigenvalue weighted by atomic mass is 9.77. The summed E-state index contributed by atoms with van der Waals surface area (Å²) < 4.78 is 10.7. The molecule has 6 nitrogen and oxygen atoms in total. The highest BCUT2D eigenvalue weighted by molar-refractivity contribution is 5.71. The summed E-state index contributed by atoms with van der Waals surface area (Å²) in [4.78, 5) is 26.0. The molecule has 1 aromatic rings. The highest BCUT2D eigenvalue weighted by atomic mass is 16.6. The van der Waals surface area contributed by atoms with Crippen LogP contribution in [0.1, 0.15) is 45.6 Å². The first-order chi connectivity index (χ1) is 11.8. The summed E-state index contributed by atoms with van der Waals surface area (Å²) in [5.41, 5.74) is 0.472. The summed E-state index contributed by atoms with van der Waals surface area (Å²) in [6.45, 7) is 5.87. The van der Waals surface area contributed by atoms with Crippen LogP contribution in [-0.2, 0) is 16.1 Å². The van der Waals surface area contributed by atoms with E-state index in [0.29, 0.717) is 0 Å². The van der Waals surface area contributed by atoms with Crippen molar-refractivity contribution in [2.75, 3.05) is 0 Å². The number of nitrogens with zero attached hydrogens (tertiary/aromatic N) is 1. The van der Waals surface area contributed by atoms with Gasteiger partial charge in [-0.3, -0.25) is 0 Å². The molecule has 3 fully saturated rings. The van der Waals surface area contributed by atoms with E-state index in [1.54, 1.807) is 0 Å². The topological polar surface area (TPSA) is 67.9 Å². The Morgan fingerprint density at radius 3 is 2.36 bits per heavy atom. The van der Waals surface area contributed by atoms with Crippen molar-refractivity contribution >= 4 is 12.2 Å². The van der Waals surface area contributed by atoms with E-state index in [0.717, 1.165) is 24.8 Å². The summed E-state index contributed by atoms with van der Waals surface area (Å²) in [6, 6.07) is 9.93. The van der Waals surface area contributed by atoms with Crippen molar-refractivity contribution in [3.8, 4) is 0 Å². The molecule has 1 N–H and O–H groups in total. The monoisotopic (exact) mass is 346 g/mol. The Labute approximate surface area is 148 Å². The number of carbonyl (C=O) groups excluding carboxylic acids is 2. The second kappa shape index (κ2) is 6.94. The minimum atomic E-state index is -0.486. The van der Waals surface area contributed by atoms with E-state index >= 15 is 0 Å². The van der Waals surface area contributed by atoms with Gasteiger partial charge in [0.15, 0.2) is 0 Å². The molecule has 1 aliphatic carbocycles. The maximum atomic E-state index is 12.2. The molecule has 1 unspecified atom stereocenters. The first-order valence-corrected chi connectivity index (χ1v) is 8.80. The third-order valence-electron chi connectivity index (χ3n) is 4.58. The average Bonchev–Trinajstić information content (AvgIpc) is 2.52. The number of fused-ring (bicyclic) bond motifs is 2. The first-order valence-electron chi connectivity index (χ1n) is 8.80. The van der Waals surface area contributed by atoms with Gasteiger partial charge in [-0.2, -0.15) is 0 Å². The van der Waals surface area contributed by atoms with E-state index in [1.807, 2.05) is 56.0 Å². The van der Waals surface area contributed by atoms with Crippen LogP contribution in [0.25, 0.3) is 0 Å². The van der Waals surface area contributed by atoms with Crippen LogP contribution in [0.3, 0.4) is 0 Å². The van der Waals surface area contributed by atoms with Crippen molar-refractivity contribution < 1.29 is 19.1 Å². The molecule has 2 amide bonds. The zero-order valence-electron chi connectivity index (χ0n) is 15.0. The summed E-state index contributed by atoms with van der Waals surface area (Å²) in [7, 11) is 0. The van der Waals surface area contributed by atoms with Crippen molar-refractivity contribution in [2.45, 2.75) is 70.4 Å². The highest BCUT2D eigenvalue weighted by Crippen LogP contribution is 2.39. The molecule has 2 bridgehead atoms. The third kappa shape index (κ3) is 4.44. The molecule has 3 aliphatic rings. The lowest BCUT2D eigenvalue weighted by Crippen LogP contribution is -2.66. The van der Waals surface area contributed by atoms with E-state index in [9.17, 15) is 9.59 Å². The third-order valence-corrected chi connectivity index (χ3v) is 4.58. The second-order valence-corrected chi connectivity index (χ2v) is 7.81. The summed E-state index contributed by atoms with van der Waals surface area (Å²) in [6.07, 6.45) is 1.82. The normalized spacial score (nSPS) is 24.9. The van der Waals surface area contributed by atoms with Gasteiger partial charge in [0.2, 0.25) is 0 Å². The number of benzene rings is 1. The summed E-state index contributed by atoms with van der Waals surface area (Å²) in [5.74, 6) is 0. The number of amides is 2. The Bertz CT molecular complexity index is 614. The average molecular weight is 346 g/mol. The Kier molecular flexibility index (Phi) is 4.88. The zero-order valence-corrected chi connectivity index (χ0v) is 15.0. The quantitative estimate of drug-likeness (QED) is 0.910. The molecule has 4 rings (SSSR count). The second-order valence-electron chi connectivity index (χ2n) is 7.81. The fourth-order valence-corrected chi connectivity index (χ4v) is 3.54. The number of nitrogens with one attached hydrogen (secondary N) is 1. The molecule has 6 heteroatoms. The van der Waals surface area contributed by atoms with E-state index in [-0.39, 0.29) is 30.8 Å². The minimum Gasteiger partial charge on any atom is -0.445 e. The number of hydrogen-bond acceptors (Lipinski definition) is 4. The van der Waals surface area contributed by atoms with Crippen molar-refractivity contribution in [1.82, 2.24) is 10.2 Å². The SMILES string of the molecule is CC(C)(C)OC(=O)N1[C@@H]2CC(NC(=O)OCc3ccccc3)C[C@H]1C2. The van der Waals surface area contributed by atoms with Gasteiger partial charge in [0.05, 0.1) is 0 Å². The van der Waals surface area contributed by atoms with Gasteiger partial charge < -0.3 is 19.7 Å². The molecular formula is C19H26N2O4. The molecular weight excluding hydrogens is 320 g/mol. The van der Waals surface area contributed by atoms with E-state index in [2.05, 4.69) is 5.32 Å². The van der Waals surface area contributed by atoms with Crippen LogP contribution in [0.4, 0.5) is 9.59 Å². The van der Waals surface area contributed by atoms with Crippen LogP contribution in [0, 0.1) is 0 Å². The molecule has 0 aromatic heterocycles. The summed E-state index contributed by atoms with van der Waals surface area (Å²) in [5, 5.41) is 2.92. The molecule has 2 saturated heterocycles. The van der Waals surface area contributed by atoms with Gasteiger partial charge in [-0.25, -0.2) is 9.59 Å². The van der Waals surface area contributed by atoms with Crippen molar-refractivity contribution in [3.63, 3.8) is 0 Å². The number of piperidine rings is 1. The molecule has 1 aromatic carbocycles. The molecule has 2 aliphatic heterocycles. The zero-order chi connectivity index (χ0) is 18.0. The smallest absolute Gasteiger partial charge is 0.410 e. The Morgan fingerprint density at radius 1 is 1.12 bits per heavy atom. The van der Waals surface area contributed by atoms with Gasteiger partial charge in [-0.05, 0) is 45.6 Å². The largest absolute Gasteiger partial charge is 0.445 e. The number of alkyl carbamates (subject to hydrolysis) is 1. The molecule has 136 valence electrons. The lowest BCUT2D eigenvalue weighted by Gasteiger charge is -2.54. The van der Waals surface area contributed by atoms with Crippen LogP contribution in [0.5, 0.6) is 0 Å². The molecule has 25 heavy (non-hydrogen) atoms.